The van der Waals surface area contributed by atoms with Gasteiger partial charge in [0.05, 0.1) is 12.2 Å². The van der Waals surface area contributed by atoms with Crippen molar-refractivity contribution in [3.05, 3.63) is 29.6 Å². The van der Waals surface area contributed by atoms with E-state index in [-0.39, 0.29) is 18.7 Å². The van der Waals surface area contributed by atoms with E-state index in [1.54, 1.807) is 13.8 Å². The molecule has 0 fully saturated rings. The van der Waals surface area contributed by atoms with Crippen molar-refractivity contribution in [2.45, 2.75) is 24.8 Å². The summed E-state index contributed by atoms with van der Waals surface area (Å²) >= 11 is 0. The summed E-state index contributed by atoms with van der Waals surface area (Å²) in [6.45, 7) is 3.59. The summed E-state index contributed by atoms with van der Waals surface area (Å²) in [4.78, 5) is 10.2. The van der Waals surface area contributed by atoms with E-state index in [0.717, 1.165) is 16.4 Å². The zero-order chi connectivity index (χ0) is 16.2. The Morgan fingerprint density at radius 1 is 1.48 bits per heavy atom. The predicted octanol–water partition coefficient (Wildman–Crippen LogP) is 1.57. The van der Waals surface area contributed by atoms with Crippen LogP contribution >= 0.6 is 0 Å². The average molecular weight is 319 g/mol. The van der Waals surface area contributed by atoms with Crippen LogP contribution in [0.4, 0.5) is 4.39 Å². The molecule has 1 atom stereocenters. The van der Waals surface area contributed by atoms with Gasteiger partial charge >= 0.3 is 5.97 Å². The number of benzene rings is 1. The Hall–Kier alpha value is -1.51. The van der Waals surface area contributed by atoms with Crippen molar-refractivity contribution in [2.75, 3.05) is 20.3 Å². The Morgan fingerprint density at radius 2 is 2.10 bits per heavy atom. The minimum Gasteiger partial charge on any atom is -0.478 e. The summed E-state index contributed by atoms with van der Waals surface area (Å²) in [5.74, 6) is -2.41. The fourth-order valence-corrected chi connectivity index (χ4v) is 3.68. The molecule has 0 amide bonds. The summed E-state index contributed by atoms with van der Waals surface area (Å²) in [7, 11) is -2.62. The Balaban J connectivity index is 3.26. The summed E-state index contributed by atoms with van der Waals surface area (Å²) in [5.41, 5.74) is -0.306. The molecule has 1 aromatic carbocycles. The SMILES string of the molecule is CCN(C(C)COC)S(=O)(=O)c1ccc(C(=O)O)cc1F. The van der Waals surface area contributed by atoms with E-state index >= 15 is 0 Å². The number of carboxylic acid groups (broad SMARTS) is 1. The first-order valence-electron chi connectivity index (χ1n) is 6.29. The van der Waals surface area contributed by atoms with Crippen molar-refractivity contribution in [3.63, 3.8) is 0 Å². The number of halogens is 1. The van der Waals surface area contributed by atoms with Crippen molar-refractivity contribution >= 4 is 16.0 Å². The monoisotopic (exact) mass is 319 g/mol. The topological polar surface area (TPSA) is 83.9 Å². The molecule has 0 heterocycles. The van der Waals surface area contributed by atoms with E-state index in [1.807, 2.05) is 0 Å². The number of sulfonamides is 1. The lowest BCUT2D eigenvalue weighted by Crippen LogP contribution is -2.41. The van der Waals surface area contributed by atoms with Gasteiger partial charge in [-0.15, -0.1) is 0 Å². The molecule has 118 valence electrons. The number of carboxylic acids is 1. The Labute approximate surface area is 123 Å². The van der Waals surface area contributed by atoms with Crippen molar-refractivity contribution in [1.29, 1.82) is 0 Å². The second-order valence-electron chi connectivity index (χ2n) is 4.46. The maximum Gasteiger partial charge on any atom is 0.335 e. The molecule has 0 aromatic heterocycles. The standard InChI is InChI=1S/C13H18FNO5S/c1-4-15(9(2)8-20-3)21(18,19)12-6-5-10(13(16)17)7-11(12)14/h5-7,9H,4,8H2,1-3H3,(H,16,17). The quantitative estimate of drug-likeness (QED) is 0.824. The molecule has 0 spiro atoms. The van der Waals surface area contributed by atoms with Crippen LogP contribution in [0, 0.1) is 5.82 Å². The highest BCUT2D eigenvalue weighted by Crippen LogP contribution is 2.22. The van der Waals surface area contributed by atoms with Crippen LogP contribution in [0.15, 0.2) is 23.1 Å². The normalized spacial score (nSPS) is 13.4. The minimum absolute atomic E-state index is 0.146. The Kier molecular flexibility index (Phi) is 5.82. The van der Waals surface area contributed by atoms with Gasteiger partial charge in [-0.05, 0) is 25.1 Å². The molecule has 1 rings (SSSR count). The van der Waals surface area contributed by atoms with Crippen molar-refractivity contribution in [1.82, 2.24) is 4.31 Å². The van der Waals surface area contributed by atoms with Gasteiger partial charge in [0, 0.05) is 19.7 Å². The van der Waals surface area contributed by atoms with E-state index in [1.165, 1.54) is 7.11 Å². The smallest absolute Gasteiger partial charge is 0.335 e. The van der Waals surface area contributed by atoms with Gasteiger partial charge in [-0.3, -0.25) is 0 Å². The predicted molar refractivity (Wildman–Crippen MR) is 74.3 cm³/mol. The van der Waals surface area contributed by atoms with Crippen LogP contribution in [0.5, 0.6) is 0 Å². The van der Waals surface area contributed by atoms with Crippen LogP contribution in [0.1, 0.15) is 24.2 Å². The van der Waals surface area contributed by atoms with E-state index in [9.17, 15) is 17.6 Å². The highest BCUT2D eigenvalue weighted by Gasteiger charge is 2.30. The minimum atomic E-state index is -4.06. The fourth-order valence-electron chi connectivity index (χ4n) is 2.01. The number of nitrogens with zero attached hydrogens (tertiary/aromatic N) is 1. The van der Waals surface area contributed by atoms with Gasteiger partial charge in [0.25, 0.3) is 0 Å². The van der Waals surface area contributed by atoms with Gasteiger partial charge in [0.2, 0.25) is 10.0 Å². The van der Waals surface area contributed by atoms with Gasteiger partial charge in [0.15, 0.2) is 0 Å². The van der Waals surface area contributed by atoms with Gasteiger partial charge in [-0.25, -0.2) is 17.6 Å². The van der Waals surface area contributed by atoms with Crippen LogP contribution in [0.3, 0.4) is 0 Å². The first-order valence-corrected chi connectivity index (χ1v) is 7.73. The average Bonchev–Trinajstić information content (AvgIpc) is 2.38. The maximum atomic E-state index is 14.0. The number of hydrogen-bond donors (Lipinski definition) is 1. The van der Waals surface area contributed by atoms with Crippen LogP contribution in [0.2, 0.25) is 0 Å². The lowest BCUT2D eigenvalue weighted by molar-refractivity contribution is 0.0696. The number of ether oxygens (including phenoxy) is 1. The number of aromatic carboxylic acids is 1. The molecule has 1 aromatic rings. The molecule has 0 saturated carbocycles. The first-order chi connectivity index (χ1) is 9.75. The third-order valence-corrected chi connectivity index (χ3v) is 5.10. The molecular formula is C13H18FNO5S. The zero-order valence-electron chi connectivity index (χ0n) is 12.0. The molecule has 0 aliphatic carbocycles. The molecule has 1 unspecified atom stereocenters. The van der Waals surface area contributed by atoms with Gasteiger partial charge in [-0.1, -0.05) is 6.92 Å². The number of likely N-dealkylation sites (N-methyl/N-ethyl adjacent to an activating group) is 1. The first kappa shape index (κ1) is 17.5. The van der Waals surface area contributed by atoms with Crippen LogP contribution in [0.25, 0.3) is 0 Å². The van der Waals surface area contributed by atoms with Crippen molar-refractivity contribution < 1.29 is 27.4 Å². The second kappa shape index (κ2) is 6.97. The van der Waals surface area contributed by atoms with Crippen LogP contribution < -0.4 is 0 Å². The molecule has 0 aliphatic rings. The summed E-state index contributed by atoms with van der Waals surface area (Å²) in [5, 5.41) is 8.77. The number of methoxy groups -OCH3 is 1. The maximum absolute atomic E-state index is 14.0. The zero-order valence-corrected chi connectivity index (χ0v) is 12.9. The van der Waals surface area contributed by atoms with Crippen LogP contribution in [-0.2, 0) is 14.8 Å². The van der Waals surface area contributed by atoms with Crippen molar-refractivity contribution in [3.8, 4) is 0 Å². The van der Waals surface area contributed by atoms with Gasteiger partial charge in [-0.2, -0.15) is 4.31 Å². The van der Waals surface area contributed by atoms with Gasteiger partial charge in [0.1, 0.15) is 10.7 Å². The fraction of sp³-hybridized carbons (Fsp3) is 0.462. The lowest BCUT2D eigenvalue weighted by atomic mass is 10.2. The highest BCUT2D eigenvalue weighted by molar-refractivity contribution is 7.89. The second-order valence-corrected chi connectivity index (χ2v) is 6.32. The molecule has 8 heteroatoms. The van der Waals surface area contributed by atoms with Gasteiger partial charge < -0.3 is 9.84 Å². The molecule has 0 aliphatic heterocycles. The molecule has 0 radical (unpaired) electrons. The number of hydrogen-bond acceptors (Lipinski definition) is 4. The largest absolute Gasteiger partial charge is 0.478 e. The molecule has 6 nitrogen and oxygen atoms in total. The third kappa shape index (κ3) is 3.78. The molecule has 21 heavy (non-hydrogen) atoms. The molecule has 1 N–H and O–H groups in total. The molecule has 0 saturated heterocycles. The Bertz CT molecular complexity index is 617. The summed E-state index contributed by atoms with van der Waals surface area (Å²) in [6.07, 6.45) is 0. The van der Waals surface area contributed by atoms with Crippen LogP contribution in [-0.4, -0.2) is 50.1 Å². The summed E-state index contributed by atoms with van der Waals surface area (Å²) < 4.78 is 44.9. The third-order valence-electron chi connectivity index (χ3n) is 2.98. The van der Waals surface area contributed by atoms with E-state index in [0.29, 0.717) is 6.07 Å². The highest BCUT2D eigenvalue weighted by atomic mass is 32.2. The number of rotatable bonds is 7. The summed E-state index contributed by atoms with van der Waals surface area (Å²) in [6, 6.07) is 2.26. The lowest BCUT2D eigenvalue weighted by Gasteiger charge is -2.26. The Morgan fingerprint density at radius 3 is 2.52 bits per heavy atom. The van der Waals surface area contributed by atoms with E-state index in [2.05, 4.69) is 0 Å². The van der Waals surface area contributed by atoms with E-state index < -0.39 is 32.7 Å². The molecule has 0 bridgehead atoms. The number of carbonyl (C=O) groups is 1. The molecular weight excluding hydrogens is 301 g/mol. The van der Waals surface area contributed by atoms with E-state index in [4.69, 9.17) is 9.84 Å². The van der Waals surface area contributed by atoms with Crippen molar-refractivity contribution in [2.24, 2.45) is 0 Å².